The fourth-order valence-electron chi connectivity index (χ4n) is 2.75. The van der Waals surface area contributed by atoms with Crippen molar-refractivity contribution < 1.29 is 4.74 Å². The van der Waals surface area contributed by atoms with Crippen LogP contribution in [0.15, 0.2) is 35.4 Å². The Kier molecular flexibility index (Phi) is 5.26. The highest BCUT2D eigenvalue weighted by Gasteiger charge is 2.21. The van der Waals surface area contributed by atoms with Gasteiger partial charge in [0.1, 0.15) is 11.9 Å². The lowest BCUT2D eigenvalue weighted by atomic mass is 10.2. The molecule has 3 rings (SSSR count). The number of rotatable bonds is 5. The molecule has 0 radical (unpaired) electrons. The molecule has 0 aliphatic carbocycles. The first kappa shape index (κ1) is 16.9. The smallest absolute Gasteiger partial charge is 0.268 e. The van der Waals surface area contributed by atoms with E-state index in [1.54, 1.807) is 37.6 Å². The van der Waals surface area contributed by atoms with E-state index >= 15 is 0 Å². The summed E-state index contributed by atoms with van der Waals surface area (Å²) in [6, 6.07) is 7.19. The number of pyridine rings is 1. The zero-order valence-electron chi connectivity index (χ0n) is 14.1. The fraction of sp³-hybridized carbons (Fsp3) is 0.412. The van der Waals surface area contributed by atoms with Gasteiger partial charge in [0.25, 0.3) is 5.56 Å². The zero-order chi connectivity index (χ0) is 17.6. The van der Waals surface area contributed by atoms with Crippen LogP contribution in [-0.2, 0) is 11.8 Å². The summed E-state index contributed by atoms with van der Waals surface area (Å²) in [5.41, 5.74) is 1.22. The molecule has 0 bridgehead atoms. The van der Waals surface area contributed by atoms with E-state index < -0.39 is 0 Å². The highest BCUT2D eigenvalue weighted by atomic mass is 16.5. The largest absolute Gasteiger partial charge is 0.374 e. The van der Waals surface area contributed by atoms with Crippen LogP contribution in [0.5, 0.6) is 0 Å². The Labute approximate surface area is 145 Å². The van der Waals surface area contributed by atoms with Crippen LogP contribution in [0.1, 0.15) is 12.0 Å². The number of hydrogen-bond acceptors (Lipinski definition) is 7. The predicted molar refractivity (Wildman–Crippen MR) is 93.5 cm³/mol. The summed E-state index contributed by atoms with van der Waals surface area (Å²) in [7, 11) is 1.63. The van der Waals surface area contributed by atoms with Gasteiger partial charge in [0.2, 0.25) is 0 Å². The van der Waals surface area contributed by atoms with Crippen molar-refractivity contribution in [2.75, 3.05) is 36.5 Å². The first-order chi connectivity index (χ1) is 12.2. The lowest BCUT2D eigenvalue weighted by molar-refractivity contribution is 0.0374. The number of aryl methyl sites for hydroxylation is 1. The van der Waals surface area contributed by atoms with Gasteiger partial charge < -0.3 is 15.0 Å². The van der Waals surface area contributed by atoms with Gasteiger partial charge in [0.05, 0.1) is 30.2 Å². The minimum absolute atomic E-state index is 0.0413. The van der Waals surface area contributed by atoms with Gasteiger partial charge in [-0.2, -0.15) is 10.4 Å². The van der Waals surface area contributed by atoms with Gasteiger partial charge in [-0.05, 0) is 18.6 Å². The number of nitriles is 1. The third-order valence-corrected chi connectivity index (χ3v) is 4.14. The van der Waals surface area contributed by atoms with Crippen molar-refractivity contribution in [1.82, 2.24) is 14.8 Å². The topological polar surface area (TPSA) is 96.1 Å². The standard InChI is InChI=1S/C17H20N6O2/c1-22-16(24)9-14(11-21-22)23-7-8-25-15(12-23)4-6-20-17-13(10-18)3-2-5-19-17/h2-3,5,9,11,15H,4,6-8,12H2,1H3,(H,19,20)/t15-/m0/s1. The molecule has 1 N–H and O–H groups in total. The van der Waals surface area contributed by atoms with Crippen LogP contribution in [0.25, 0.3) is 0 Å². The molecular weight excluding hydrogens is 320 g/mol. The summed E-state index contributed by atoms with van der Waals surface area (Å²) in [6.07, 6.45) is 4.18. The molecule has 8 nitrogen and oxygen atoms in total. The molecule has 0 saturated carbocycles. The average Bonchev–Trinajstić information content (AvgIpc) is 2.64. The summed E-state index contributed by atoms with van der Waals surface area (Å²) < 4.78 is 7.12. The molecular formula is C17H20N6O2. The number of aromatic nitrogens is 3. The second-order valence-corrected chi connectivity index (χ2v) is 5.84. The van der Waals surface area contributed by atoms with Crippen LogP contribution >= 0.6 is 0 Å². The van der Waals surface area contributed by atoms with E-state index in [1.807, 2.05) is 0 Å². The molecule has 1 fully saturated rings. The van der Waals surface area contributed by atoms with Crippen LogP contribution in [0.4, 0.5) is 11.5 Å². The number of ether oxygens (including phenoxy) is 1. The molecule has 0 aromatic carbocycles. The van der Waals surface area contributed by atoms with Crippen molar-refractivity contribution in [2.24, 2.45) is 7.05 Å². The Morgan fingerprint density at radius 3 is 3.20 bits per heavy atom. The molecule has 0 spiro atoms. The van der Waals surface area contributed by atoms with Crippen LogP contribution in [0, 0.1) is 11.3 Å². The molecule has 1 atom stereocenters. The first-order valence-corrected chi connectivity index (χ1v) is 8.16. The summed E-state index contributed by atoms with van der Waals surface area (Å²) >= 11 is 0. The van der Waals surface area contributed by atoms with E-state index in [-0.39, 0.29) is 11.7 Å². The lowest BCUT2D eigenvalue weighted by Gasteiger charge is -2.34. The first-order valence-electron chi connectivity index (χ1n) is 8.16. The van der Waals surface area contributed by atoms with Crippen LogP contribution < -0.4 is 15.8 Å². The van der Waals surface area contributed by atoms with Crippen molar-refractivity contribution >= 4 is 11.5 Å². The molecule has 25 heavy (non-hydrogen) atoms. The fourth-order valence-corrected chi connectivity index (χ4v) is 2.75. The highest BCUT2D eigenvalue weighted by molar-refractivity contribution is 5.51. The molecule has 1 aliphatic heterocycles. The lowest BCUT2D eigenvalue weighted by Crippen LogP contribution is -2.43. The van der Waals surface area contributed by atoms with Gasteiger partial charge in [-0.15, -0.1) is 0 Å². The van der Waals surface area contributed by atoms with E-state index in [0.717, 1.165) is 18.7 Å². The van der Waals surface area contributed by atoms with Crippen LogP contribution in [0.2, 0.25) is 0 Å². The van der Waals surface area contributed by atoms with Crippen molar-refractivity contribution in [2.45, 2.75) is 12.5 Å². The van der Waals surface area contributed by atoms with Crippen molar-refractivity contribution in [3.05, 3.63) is 46.5 Å². The maximum absolute atomic E-state index is 11.8. The predicted octanol–water partition coefficient (Wildman–Crippen LogP) is 0.754. The Bertz CT molecular complexity index is 828. The van der Waals surface area contributed by atoms with Gasteiger partial charge in [-0.1, -0.05) is 0 Å². The highest BCUT2D eigenvalue weighted by Crippen LogP contribution is 2.17. The SMILES string of the molecule is Cn1ncc(N2CCO[C@@H](CCNc3ncccc3C#N)C2)cc1=O. The van der Waals surface area contributed by atoms with Gasteiger partial charge in [-0.3, -0.25) is 4.79 Å². The van der Waals surface area contributed by atoms with E-state index in [0.29, 0.717) is 31.1 Å². The third-order valence-electron chi connectivity index (χ3n) is 4.14. The second-order valence-electron chi connectivity index (χ2n) is 5.84. The Balaban J connectivity index is 1.56. The second kappa shape index (κ2) is 7.77. The summed E-state index contributed by atoms with van der Waals surface area (Å²) in [6.45, 7) is 2.69. The molecule has 130 valence electrons. The van der Waals surface area contributed by atoms with Gasteiger partial charge in [0.15, 0.2) is 0 Å². The molecule has 1 saturated heterocycles. The number of nitrogens with zero attached hydrogens (tertiary/aromatic N) is 5. The van der Waals surface area contributed by atoms with Crippen molar-refractivity contribution in [1.29, 1.82) is 5.26 Å². The summed E-state index contributed by atoms with van der Waals surface area (Å²) in [5.74, 6) is 0.591. The normalized spacial score (nSPS) is 17.1. The third kappa shape index (κ3) is 4.14. The summed E-state index contributed by atoms with van der Waals surface area (Å²) in [5, 5.41) is 16.3. The number of morpholine rings is 1. The molecule has 2 aromatic rings. The zero-order valence-corrected chi connectivity index (χ0v) is 14.1. The van der Waals surface area contributed by atoms with Crippen molar-refractivity contribution in [3.63, 3.8) is 0 Å². The summed E-state index contributed by atoms with van der Waals surface area (Å²) in [4.78, 5) is 18.1. The number of anilines is 2. The maximum Gasteiger partial charge on any atom is 0.268 e. The Morgan fingerprint density at radius 1 is 1.52 bits per heavy atom. The number of nitrogens with one attached hydrogen (secondary N) is 1. The van der Waals surface area contributed by atoms with E-state index in [9.17, 15) is 4.79 Å². The molecule has 8 heteroatoms. The molecule has 2 aromatic heterocycles. The van der Waals surface area contributed by atoms with Gasteiger partial charge in [-0.25, -0.2) is 9.67 Å². The van der Waals surface area contributed by atoms with Crippen molar-refractivity contribution in [3.8, 4) is 6.07 Å². The van der Waals surface area contributed by atoms with E-state index in [4.69, 9.17) is 10.00 Å². The molecule has 0 amide bonds. The van der Waals surface area contributed by atoms with Crippen LogP contribution in [0.3, 0.4) is 0 Å². The maximum atomic E-state index is 11.8. The minimum Gasteiger partial charge on any atom is -0.374 e. The van der Waals surface area contributed by atoms with Crippen LogP contribution in [-0.4, -0.2) is 47.1 Å². The van der Waals surface area contributed by atoms with Gasteiger partial charge >= 0.3 is 0 Å². The molecule has 1 aliphatic rings. The Morgan fingerprint density at radius 2 is 2.40 bits per heavy atom. The quantitative estimate of drug-likeness (QED) is 0.858. The Hall–Kier alpha value is -2.92. The van der Waals surface area contributed by atoms with E-state index in [2.05, 4.69) is 26.4 Å². The average molecular weight is 340 g/mol. The number of hydrogen-bond donors (Lipinski definition) is 1. The monoisotopic (exact) mass is 340 g/mol. The molecule has 3 heterocycles. The minimum atomic E-state index is -0.124. The van der Waals surface area contributed by atoms with Gasteiger partial charge in [0, 0.05) is 38.9 Å². The van der Waals surface area contributed by atoms with E-state index in [1.165, 1.54) is 4.68 Å². The molecule has 0 unspecified atom stereocenters.